The fourth-order valence-corrected chi connectivity index (χ4v) is 8.89. The molecule has 4 saturated heterocycles. The fraction of sp³-hybridized carbons (Fsp3) is 0.875. The normalized spacial score (nSPS) is 55.1. The van der Waals surface area contributed by atoms with Gasteiger partial charge in [0.05, 0.1) is 19.3 Å². The number of rotatable bonds is 7. The minimum Gasteiger partial charge on any atom is -0.390 e. The van der Waals surface area contributed by atoms with Crippen LogP contribution in [0.25, 0.3) is 0 Å². The van der Waals surface area contributed by atoms with Crippen molar-refractivity contribution >= 4 is 0 Å². The van der Waals surface area contributed by atoms with Crippen LogP contribution in [0.4, 0.5) is 0 Å². The van der Waals surface area contributed by atoms with E-state index in [2.05, 4.69) is 26.8 Å². The van der Waals surface area contributed by atoms with E-state index in [1.54, 1.807) is 14.2 Å². The Hall–Kier alpha value is -0.960. The highest BCUT2D eigenvalue weighted by molar-refractivity contribution is 5.42. The van der Waals surface area contributed by atoms with Gasteiger partial charge in [-0.25, -0.2) is 0 Å². The first-order chi connectivity index (χ1) is 20.3. The zero-order valence-electron chi connectivity index (χ0n) is 26.3. The van der Waals surface area contributed by atoms with Crippen molar-refractivity contribution in [1.82, 2.24) is 0 Å². The number of fused-ring (bicyclic) bond motifs is 3. The van der Waals surface area contributed by atoms with E-state index >= 15 is 0 Å². The van der Waals surface area contributed by atoms with E-state index in [4.69, 9.17) is 37.9 Å². The lowest BCUT2D eigenvalue weighted by Crippen LogP contribution is -2.70. The average molecular weight is 609 g/mol. The van der Waals surface area contributed by atoms with Crippen LogP contribution in [-0.2, 0) is 37.9 Å². The molecule has 4 aliphatic heterocycles. The Morgan fingerprint density at radius 3 is 2.49 bits per heavy atom. The second-order valence-corrected chi connectivity index (χ2v) is 14.4. The van der Waals surface area contributed by atoms with E-state index in [0.717, 1.165) is 24.0 Å². The Bertz CT molecular complexity index is 1180. The maximum absolute atomic E-state index is 12.1. The van der Waals surface area contributed by atoms with Crippen molar-refractivity contribution in [2.45, 2.75) is 127 Å². The summed E-state index contributed by atoms with van der Waals surface area (Å²) in [5.74, 6) is -2.89. The summed E-state index contributed by atoms with van der Waals surface area (Å²) in [4.78, 5) is 0. The fourth-order valence-electron chi connectivity index (χ4n) is 8.89. The molecular weight excluding hydrogens is 560 g/mol. The Kier molecular flexibility index (Phi) is 7.33. The summed E-state index contributed by atoms with van der Waals surface area (Å²) in [5.41, 5.74) is 1.71. The lowest BCUT2D eigenvalue weighted by Gasteiger charge is -2.50. The van der Waals surface area contributed by atoms with Crippen molar-refractivity contribution < 1.29 is 53.2 Å². The van der Waals surface area contributed by atoms with Crippen LogP contribution in [0.15, 0.2) is 22.8 Å². The van der Waals surface area contributed by atoms with Crippen LogP contribution in [0.1, 0.15) is 60.3 Å². The standard InChI is InChI=1S/C32H48O11/c1-15(2)17-8-10-29(4)12-19-18(9-11-31(19,35)37-7)16(3)23(33)25(22(17)29)40-27-24(34)26-32(21(39-27)13-36-6)42-28(41-26)30(5,43-32)20-14-38-20/h12,15-16,18,20-21,23-28,33-35H,8-11,13-14H2,1-7H3/b19-12+/t16-,18+,20+,21?,23-,24?,25-,26?,27?,28?,29-,30?,31+,32?/m1/s1. The first kappa shape index (κ1) is 30.7. The SMILES string of the molecule is COCC1OC(O[C@@H]2C3=C(C(C)C)CC[C@]3(C)/C=C3\[C@@H](CC[C@]3(O)OC)[C@@H](C)[C@H]2O)C(O)C2OC3OC12OC3(C)[C@@H]1CO1. The molecule has 4 heterocycles. The first-order valence-electron chi connectivity index (χ1n) is 15.9. The first-order valence-corrected chi connectivity index (χ1v) is 15.9. The summed E-state index contributed by atoms with van der Waals surface area (Å²) in [6, 6.07) is 0. The molecule has 7 unspecified atom stereocenters. The molecule has 7 aliphatic rings. The van der Waals surface area contributed by atoms with E-state index in [0.29, 0.717) is 19.4 Å². The van der Waals surface area contributed by atoms with Gasteiger partial charge >= 0.3 is 0 Å². The molecule has 7 rings (SSSR count). The second-order valence-electron chi connectivity index (χ2n) is 14.4. The van der Waals surface area contributed by atoms with Gasteiger partial charge in [0.25, 0.3) is 0 Å². The Labute approximate surface area is 253 Å². The molecule has 0 amide bonds. The van der Waals surface area contributed by atoms with Crippen molar-refractivity contribution in [2.24, 2.45) is 23.2 Å². The van der Waals surface area contributed by atoms with E-state index in [9.17, 15) is 15.3 Å². The van der Waals surface area contributed by atoms with Crippen molar-refractivity contribution in [2.75, 3.05) is 27.4 Å². The van der Waals surface area contributed by atoms with Gasteiger partial charge in [-0.05, 0) is 55.1 Å². The number of ether oxygens (including phenoxy) is 8. The van der Waals surface area contributed by atoms with Gasteiger partial charge in [-0.15, -0.1) is 0 Å². The second kappa shape index (κ2) is 10.3. The van der Waals surface area contributed by atoms with Crippen LogP contribution in [0.5, 0.6) is 0 Å². The monoisotopic (exact) mass is 608 g/mol. The third-order valence-electron chi connectivity index (χ3n) is 11.5. The summed E-state index contributed by atoms with van der Waals surface area (Å²) in [6.07, 6.45) is -1.70. The third-order valence-corrected chi connectivity index (χ3v) is 11.5. The molecule has 5 fully saturated rings. The van der Waals surface area contributed by atoms with E-state index in [-0.39, 0.29) is 30.5 Å². The van der Waals surface area contributed by atoms with Crippen LogP contribution < -0.4 is 0 Å². The highest BCUT2D eigenvalue weighted by atomic mass is 16.9. The summed E-state index contributed by atoms with van der Waals surface area (Å²) >= 11 is 0. The molecule has 3 aliphatic carbocycles. The van der Waals surface area contributed by atoms with Crippen molar-refractivity contribution in [3.05, 3.63) is 22.8 Å². The quantitative estimate of drug-likeness (QED) is 0.223. The summed E-state index contributed by atoms with van der Waals surface area (Å²) in [7, 11) is 3.11. The van der Waals surface area contributed by atoms with Crippen molar-refractivity contribution in [1.29, 1.82) is 0 Å². The predicted molar refractivity (Wildman–Crippen MR) is 150 cm³/mol. The molecule has 0 aromatic rings. The van der Waals surface area contributed by atoms with Crippen LogP contribution >= 0.6 is 0 Å². The molecule has 11 heteroatoms. The molecular formula is C32H48O11. The van der Waals surface area contributed by atoms with Gasteiger partial charge in [0.2, 0.25) is 5.79 Å². The highest BCUT2D eigenvalue weighted by Crippen LogP contribution is 2.59. The summed E-state index contributed by atoms with van der Waals surface area (Å²) < 4.78 is 49.1. The number of aliphatic hydroxyl groups excluding tert-OH is 2. The van der Waals surface area contributed by atoms with Crippen LogP contribution in [0.3, 0.4) is 0 Å². The number of aliphatic hydroxyl groups is 3. The zero-order chi connectivity index (χ0) is 30.7. The van der Waals surface area contributed by atoms with E-state index in [1.807, 2.05) is 13.8 Å². The number of hydrogen-bond donors (Lipinski definition) is 3. The molecule has 0 aromatic heterocycles. The average Bonchev–Trinajstić information content (AvgIpc) is 3.47. The maximum atomic E-state index is 12.1. The lowest BCUT2D eigenvalue weighted by atomic mass is 9.69. The topological polar surface area (TPSA) is 138 Å². The third kappa shape index (κ3) is 4.34. The summed E-state index contributed by atoms with van der Waals surface area (Å²) in [6.45, 7) is 11.0. The lowest BCUT2D eigenvalue weighted by molar-refractivity contribution is -0.385. The molecule has 1 spiro atoms. The number of allylic oxidation sites excluding steroid dienone is 2. The van der Waals surface area contributed by atoms with E-state index in [1.165, 1.54) is 5.57 Å². The van der Waals surface area contributed by atoms with Gasteiger partial charge in [0.15, 0.2) is 18.4 Å². The molecule has 3 N–H and O–H groups in total. The maximum Gasteiger partial charge on any atom is 0.230 e. The van der Waals surface area contributed by atoms with E-state index < -0.39 is 65.7 Å². The highest BCUT2D eigenvalue weighted by Gasteiger charge is 2.77. The molecule has 11 nitrogen and oxygen atoms in total. The predicted octanol–water partition coefficient (Wildman–Crippen LogP) is 2.16. The Morgan fingerprint density at radius 1 is 1.09 bits per heavy atom. The number of methoxy groups -OCH3 is 2. The minimum atomic E-state index is -1.39. The van der Waals surface area contributed by atoms with Gasteiger partial charge in [-0.2, -0.15) is 0 Å². The van der Waals surface area contributed by atoms with Crippen LogP contribution in [0.2, 0.25) is 0 Å². The molecule has 43 heavy (non-hydrogen) atoms. The number of epoxide rings is 1. The molecule has 14 atom stereocenters. The molecule has 1 saturated carbocycles. The molecule has 2 bridgehead atoms. The van der Waals surface area contributed by atoms with Crippen molar-refractivity contribution in [3.63, 3.8) is 0 Å². The van der Waals surface area contributed by atoms with Crippen molar-refractivity contribution in [3.8, 4) is 0 Å². The molecule has 242 valence electrons. The van der Waals surface area contributed by atoms with Crippen LogP contribution in [-0.4, -0.2) is 109 Å². The molecule has 0 aromatic carbocycles. The van der Waals surface area contributed by atoms with Gasteiger partial charge in [0, 0.05) is 26.1 Å². The minimum absolute atomic E-state index is 0.0905. The number of hydrogen-bond acceptors (Lipinski definition) is 11. The molecule has 0 radical (unpaired) electrons. The largest absolute Gasteiger partial charge is 0.390 e. The van der Waals surface area contributed by atoms with Crippen LogP contribution in [0, 0.1) is 23.2 Å². The van der Waals surface area contributed by atoms with Gasteiger partial charge in [0.1, 0.15) is 36.1 Å². The van der Waals surface area contributed by atoms with Gasteiger partial charge in [-0.1, -0.05) is 39.3 Å². The van der Waals surface area contributed by atoms with Gasteiger partial charge < -0.3 is 53.2 Å². The Balaban J connectivity index is 1.25. The van der Waals surface area contributed by atoms with Gasteiger partial charge in [-0.3, -0.25) is 0 Å². The summed E-state index contributed by atoms with van der Waals surface area (Å²) in [5, 5.41) is 35.3. The smallest absolute Gasteiger partial charge is 0.230 e. The Morgan fingerprint density at radius 2 is 1.84 bits per heavy atom. The zero-order valence-corrected chi connectivity index (χ0v) is 26.3.